The number of nitrogens with two attached hydrogens (primary N) is 1. The molecule has 0 radical (unpaired) electrons. The first-order chi connectivity index (χ1) is 6.24. The molecule has 0 amide bonds. The Kier molecular flexibility index (Phi) is 3.29. The Morgan fingerprint density at radius 3 is 2.54 bits per heavy atom. The maximum absolute atomic E-state index is 4.99. The van der Waals surface area contributed by atoms with Crippen LogP contribution in [0, 0.1) is 0 Å². The highest BCUT2D eigenvalue weighted by Crippen LogP contribution is 2.14. The summed E-state index contributed by atoms with van der Waals surface area (Å²) in [6.07, 6.45) is 1.80. The molecule has 0 saturated carbocycles. The van der Waals surface area contributed by atoms with Gasteiger partial charge in [-0.25, -0.2) is 0 Å². The molecule has 68 valence electrons. The minimum absolute atomic E-state index is 0.647. The third-order valence-electron chi connectivity index (χ3n) is 1.71. The smallest absolute Gasteiger partial charge is 0.121 e. The first kappa shape index (κ1) is 9.55. The minimum atomic E-state index is 0.647. The summed E-state index contributed by atoms with van der Waals surface area (Å²) in [6.45, 7) is 5.69. The van der Waals surface area contributed by atoms with Gasteiger partial charge in [0.15, 0.2) is 0 Å². The van der Waals surface area contributed by atoms with E-state index in [1.165, 1.54) is 0 Å². The fourth-order valence-electron chi connectivity index (χ4n) is 1.01. The average molecular weight is 175 g/mol. The van der Waals surface area contributed by atoms with Gasteiger partial charge in [-0.2, -0.15) is 5.90 Å². The van der Waals surface area contributed by atoms with Crippen LogP contribution in [-0.2, 0) is 4.84 Å². The van der Waals surface area contributed by atoms with Crippen LogP contribution in [0.3, 0.4) is 0 Å². The van der Waals surface area contributed by atoms with Crippen molar-refractivity contribution < 1.29 is 4.84 Å². The molecule has 0 aromatic heterocycles. The van der Waals surface area contributed by atoms with Crippen LogP contribution >= 0.6 is 0 Å². The van der Waals surface area contributed by atoms with Crippen molar-refractivity contribution in [2.45, 2.75) is 6.92 Å². The van der Waals surface area contributed by atoms with Crippen LogP contribution in [0.25, 0.3) is 5.57 Å². The summed E-state index contributed by atoms with van der Waals surface area (Å²) in [5, 5.41) is 0. The number of allylic oxidation sites excluding steroid dienone is 3. The van der Waals surface area contributed by atoms with Crippen molar-refractivity contribution in [3.8, 4) is 0 Å². The normalized spacial score (nSPS) is 11.1. The molecule has 0 spiro atoms. The molecule has 0 unspecified atom stereocenters. The molecule has 0 aliphatic carbocycles. The van der Waals surface area contributed by atoms with Crippen molar-refractivity contribution in [2.24, 2.45) is 5.90 Å². The lowest BCUT2D eigenvalue weighted by Gasteiger charge is -2.01. The zero-order chi connectivity index (χ0) is 9.68. The molecule has 2 nitrogen and oxygen atoms in total. The van der Waals surface area contributed by atoms with Crippen molar-refractivity contribution in [1.82, 2.24) is 0 Å². The second-order valence-corrected chi connectivity index (χ2v) is 2.76. The van der Waals surface area contributed by atoms with Gasteiger partial charge in [-0.05, 0) is 24.1 Å². The van der Waals surface area contributed by atoms with Gasteiger partial charge in [0.25, 0.3) is 0 Å². The molecule has 2 heteroatoms. The van der Waals surface area contributed by atoms with Gasteiger partial charge in [-0.3, -0.25) is 0 Å². The summed E-state index contributed by atoms with van der Waals surface area (Å²) in [5.74, 6) is 5.64. The van der Waals surface area contributed by atoms with Gasteiger partial charge in [-0.1, -0.05) is 36.9 Å². The average Bonchev–Trinajstić information content (AvgIpc) is 2.19. The van der Waals surface area contributed by atoms with Gasteiger partial charge >= 0.3 is 0 Å². The predicted molar refractivity (Wildman–Crippen MR) is 54.5 cm³/mol. The molecule has 0 aliphatic rings. The summed E-state index contributed by atoms with van der Waals surface area (Å²) in [7, 11) is 0. The maximum Gasteiger partial charge on any atom is 0.121 e. The van der Waals surface area contributed by atoms with E-state index in [0.29, 0.717) is 5.76 Å². The molecule has 1 aromatic rings. The van der Waals surface area contributed by atoms with Crippen molar-refractivity contribution >= 4 is 5.57 Å². The highest BCUT2D eigenvalue weighted by Gasteiger charge is 1.94. The predicted octanol–water partition coefficient (Wildman–Crippen LogP) is 2.49. The second kappa shape index (κ2) is 4.48. The molecule has 1 rings (SSSR count). The van der Waals surface area contributed by atoms with Crippen LogP contribution < -0.4 is 5.90 Å². The summed E-state index contributed by atoms with van der Waals surface area (Å²) in [4.78, 5) is 4.54. The minimum Gasteiger partial charge on any atom is -0.416 e. The molecule has 13 heavy (non-hydrogen) atoms. The standard InChI is InChI=1S/C11H13NO/c1-9(8-10(2)13-12)11-6-4-3-5-7-11/h3-8H,1,12H2,2H3/b10-8-. The van der Waals surface area contributed by atoms with Crippen LogP contribution in [0.4, 0.5) is 0 Å². The third-order valence-corrected chi connectivity index (χ3v) is 1.71. The second-order valence-electron chi connectivity index (χ2n) is 2.76. The van der Waals surface area contributed by atoms with Crippen molar-refractivity contribution in [3.05, 3.63) is 54.3 Å². The lowest BCUT2D eigenvalue weighted by molar-refractivity contribution is 0.223. The van der Waals surface area contributed by atoms with E-state index < -0.39 is 0 Å². The van der Waals surface area contributed by atoms with Gasteiger partial charge in [0.05, 0.1) is 0 Å². The Balaban J connectivity index is 2.81. The number of benzene rings is 1. The van der Waals surface area contributed by atoms with Crippen LogP contribution in [-0.4, -0.2) is 0 Å². The van der Waals surface area contributed by atoms with E-state index in [2.05, 4.69) is 11.4 Å². The number of hydrogen-bond acceptors (Lipinski definition) is 2. The van der Waals surface area contributed by atoms with Gasteiger partial charge in [-0.15, -0.1) is 0 Å². The molecule has 1 aromatic carbocycles. The SMILES string of the molecule is C=C(/C=C(/C)ON)c1ccccc1. The van der Waals surface area contributed by atoms with Crippen LogP contribution in [0.15, 0.2) is 48.7 Å². The zero-order valence-electron chi connectivity index (χ0n) is 7.66. The Morgan fingerprint density at radius 2 is 2.00 bits per heavy atom. The summed E-state index contributed by atoms with van der Waals surface area (Å²) in [5.41, 5.74) is 1.96. The summed E-state index contributed by atoms with van der Waals surface area (Å²) < 4.78 is 0. The molecule has 2 N–H and O–H groups in total. The van der Waals surface area contributed by atoms with Crippen LogP contribution in [0.1, 0.15) is 12.5 Å². The van der Waals surface area contributed by atoms with E-state index in [4.69, 9.17) is 5.90 Å². The van der Waals surface area contributed by atoms with Gasteiger partial charge < -0.3 is 4.84 Å². The summed E-state index contributed by atoms with van der Waals surface area (Å²) in [6, 6.07) is 9.87. The molecule has 0 atom stereocenters. The van der Waals surface area contributed by atoms with E-state index in [9.17, 15) is 0 Å². The fraction of sp³-hybridized carbons (Fsp3) is 0.0909. The van der Waals surface area contributed by atoms with E-state index in [-0.39, 0.29) is 0 Å². The first-order valence-electron chi connectivity index (χ1n) is 4.03. The van der Waals surface area contributed by atoms with Crippen molar-refractivity contribution in [2.75, 3.05) is 0 Å². The Morgan fingerprint density at radius 1 is 1.38 bits per heavy atom. The highest BCUT2D eigenvalue weighted by molar-refractivity contribution is 5.72. The van der Waals surface area contributed by atoms with E-state index in [0.717, 1.165) is 11.1 Å². The van der Waals surface area contributed by atoms with Gasteiger partial charge in [0, 0.05) is 0 Å². The largest absolute Gasteiger partial charge is 0.416 e. The molecule has 0 saturated heterocycles. The van der Waals surface area contributed by atoms with Crippen molar-refractivity contribution in [1.29, 1.82) is 0 Å². The first-order valence-corrected chi connectivity index (χ1v) is 4.03. The Hall–Kier alpha value is -1.54. The number of hydrogen-bond donors (Lipinski definition) is 1. The van der Waals surface area contributed by atoms with E-state index in [1.54, 1.807) is 13.0 Å². The zero-order valence-corrected chi connectivity index (χ0v) is 7.66. The maximum atomic E-state index is 4.99. The van der Waals surface area contributed by atoms with Gasteiger partial charge in [0.2, 0.25) is 0 Å². The molecular formula is C11H13NO. The molecular weight excluding hydrogens is 162 g/mol. The Labute approximate surface area is 78.3 Å². The third kappa shape index (κ3) is 2.76. The van der Waals surface area contributed by atoms with Crippen LogP contribution in [0.2, 0.25) is 0 Å². The molecule has 0 fully saturated rings. The monoisotopic (exact) mass is 175 g/mol. The lowest BCUT2D eigenvalue weighted by Crippen LogP contribution is -1.95. The van der Waals surface area contributed by atoms with Crippen molar-refractivity contribution in [3.63, 3.8) is 0 Å². The van der Waals surface area contributed by atoms with Gasteiger partial charge in [0.1, 0.15) is 5.76 Å². The highest BCUT2D eigenvalue weighted by atomic mass is 16.6. The fourth-order valence-corrected chi connectivity index (χ4v) is 1.01. The lowest BCUT2D eigenvalue weighted by atomic mass is 10.1. The van der Waals surface area contributed by atoms with Crippen LogP contribution in [0.5, 0.6) is 0 Å². The molecule has 0 bridgehead atoms. The quantitative estimate of drug-likeness (QED) is 0.435. The summed E-state index contributed by atoms with van der Waals surface area (Å²) >= 11 is 0. The van der Waals surface area contributed by atoms with E-state index >= 15 is 0 Å². The molecule has 0 heterocycles. The molecule has 0 aliphatic heterocycles. The topological polar surface area (TPSA) is 35.2 Å². The van der Waals surface area contributed by atoms with E-state index in [1.807, 2.05) is 30.3 Å². The Bertz CT molecular complexity index is 314. The number of rotatable bonds is 3.